The smallest absolute Gasteiger partial charge is 0.335 e. The van der Waals surface area contributed by atoms with Gasteiger partial charge in [0, 0.05) is 25.0 Å². The second-order valence-corrected chi connectivity index (χ2v) is 6.82. The van der Waals surface area contributed by atoms with Crippen molar-refractivity contribution < 1.29 is 18.0 Å². The van der Waals surface area contributed by atoms with Gasteiger partial charge in [0.1, 0.15) is 5.82 Å². The van der Waals surface area contributed by atoms with Gasteiger partial charge in [0.25, 0.3) is 0 Å². The molecule has 0 bridgehead atoms. The Morgan fingerprint density at radius 3 is 2.83 bits per heavy atom. The van der Waals surface area contributed by atoms with Gasteiger partial charge in [-0.15, -0.1) is 0 Å². The minimum Gasteiger partial charge on any atom is -0.335 e. The first-order valence-electron chi connectivity index (χ1n) is 8.36. The molecule has 0 unspecified atom stereocenters. The van der Waals surface area contributed by atoms with Crippen LogP contribution in [0, 0.1) is 11.8 Å². The van der Waals surface area contributed by atoms with Crippen molar-refractivity contribution in [2.75, 3.05) is 0 Å². The maximum Gasteiger partial charge on any atom is 0.391 e. The van der Waals surface area contributed by atoms with Crippen molar-refractivity contribution in [1.29, 1.82) is 0 Å². The maximum absolute atomic E-state index is 12.8. The molecule has 1 aliphatic rings. The second kappa shape index (κ2) is 7.90. The van der Waals surface area contributed by atoms with Crippen molar-refractivity contribution in [1.82, 2.24) is 20.2 Å². The summed E-state index contributed by atoms with van der Waals surface area (Å²) in [6, 6.07) is -0.872. The molecule has 1 fully saturated rings. The van der Waals surface area contributed by atoms with Crippen LogP contribution in [0.1, 0.15) is 45.4 Å². The molecule has 5 nitrogen and oxygen atoms in total. The van der Waals surface area contributed by atoms with Crippen molar-refractivity contribution in [2.45, 2.75) is 64.8 Å². The van der Waals surface area contributed by atoms with Crippen LogP contribution in [0.4, 0.5) is 18.0 Å². The summed E-state index contributed by atoms with van der Waals surface area (Å²) in [6.45, 7) is 5.23. The van der Waals surface area contributed by atoms with Crippen LogP contribution in [0.3, 0.4) is 0 Å². The first kappa shape index (κ1) is 18.6. The predicted molar refractivity (Wildman–Crippen MR) is 84.2 cm³/mol. The topological polar surface area (TPSA) is 59.0 Å². The summed E-state index contributed by atoms with van der Waals surface area (Å²) in [5.41, 5.74) is 0. The minimum atomic E-state index is -4.18. The number of amides is 2. The lowest BCUT2D eigenvalue weighted by Crippen LogP contribution is -2.45. The number of carbonyl (C=O) groups is 1. The Morgan fingerprint density at radius 1 is 1.42 bits per heavy atom. The number of imidazole rings is 1. The zero-order valence-corrected chi connectivity index (χ0v) is 14.1. The highest BCUT2D eigenvalue weighted by Crippen LogP contribution is 2.37. The van der Waals surface area contributed by atoms with Crippen molar-refractivity contribution >= 4 is 6.03 Å². The van der Waals surface area contributed by atoms with E-state index >= 15 is 0 Å². The van der Waals surface area contributed by atoms with Crippen LogP contribution in [-0.2, 0) is 13.1 Å². The lowest BCUT2D eigenvalue weighted by molar-refractivity contribution is -0.183. The van der Waals surface area contributed by atoms with E-state index in [9.17, 15) is 18.0 Å². The minimum absolute atomic E-state index is 0.0428. The molecule has 8 heteroatoms. The van der Waals surface area contributed by atoms with Crippen LogP contribution in [0.5, 0.6) is 0 Å². The molecule has 136 valence electrons. The van der Waals surface area contributed by atoms with Crippen molar-refractivity contribution in [3.63, 3.8) is 0 Å². The van der Waals surface area contributed by atoms with Gasteiger partial charge >= 0.3 is 12.2 Å². The van der Waals surface area contributed by atoms with Gasteiger partial charge in [-0.2, -0.15) is 13.2 Å². The lowest BCUT2D eigenvalue weighted by Gasteiger charge is -2.31. The van der Waals surface area contributed by atoms with E-state index in [1.54, 1.807) is 6.20 Å². The molecule has 1 aromatic rings. The summed E-state index contributed by atoms with van der Waals surface area (Å²) in [5, 5.41) is 5.34. The molecule has 0 aliphatic heterocycles. The van der Waals surface area contributed by atoms with Crippen LogP contribution in [0.15, 0.2) is 12.4 Å². The number of aromatic nitrogens is 2. The molecule has 2 atom stereocenters. The van der Waals surface area contributed by atoms with E-state index in [0.29, 0.717) is 18.8 Å². The highest BCUT2D eigenvalue weighted by Gasteiger charge is 2.42. The predicted octanol–water partition coefficient (Wildman–Crippen LogP) is 3.46. The van der Waals surface area contributed by atoms with E-state index in [1.165, 1.54) is 0 Å². The standard InChI is InChI=1S/C16H25F3N4O/c1-11(2)10-23-7-6-20-14(23)9-21-15(24)22-13-5-3-4-12(8-13)16(17,18)19/h6-7,11-13H,3-5,8-10H2,1-2H3,(H2,21,22,24)/t12-,13+/m0/s1. The summed E-state index contributed by atoms with van der Waals surface area (Å²) in [4.78, 5) is 16.2. The molecule has 2 N–H and O–H groups in total. The van der Waals surface area contributed by atoms with Gasteiger partial charge in [-0.05, 0) is 25.2 Å². The zero-order valence-electron chi connectivity index (χ0n) is 14.1. The Labute approximate surface area is 140 Å². The Bertz CT molecular complexity index is 542. The third-order valence-electron chi connectivity index (χ3n) is 4.24. The number of nitrogens with zero attached hydrogens (tertiary/aromatic N) is 2. The van der Waals surface area contributed by atoms with Crippen molar-refractivity contribution in [3.8, 4) is 0 Å². The average molecular weight is 346 g/mol. The van der Waals surface area contributed by atoms with Gasteiger partial charge in [0.05, 0.1) is 12.5 Å². The fourth-order valence-corrected chi connectivity index (χ4v) is 3.08. The quantitative estimate of drug-likeness (QED) is 0.858. The molecule has 2 amide bonds. The third kappa shape index (κ3) is 5.42. The van der Waals surface area contributed by atoms with Gasteiger partial charge in [-0.3, -0.25) is 0 Å². The molecule has 0 radical (unpaired) electrons. The number of carbonyl (C=O) groups excluding carboxylic acids is 1. The fraction of sp³-hybridized carbons (Fsp3) is 0.750. The zero-order chi connectivity index (χ0) is 17.7. The largest absolute Gasteiger partial charge is 0.391 e. The molecule has 1 saturated carbocycles. The normalized spacial score (nSPS) is 21.8. The van der Waals surface area contributed by atoms with Crippen molar-refractivity contribution in [2.24, 2.45) is 11.8 Å². The van der Waals surface area contributed by atoms with E-state index in [-0.39, 0.29) is 19.4 Å². The molecular weight excluding hydrogens is 321 g/mol. The Morgan fingerprint density at radius 2 is 2.17 bits per heavy atom. The molecular formula is C16H25F3N4O. The summed E-state index contributed by atoms with van der Waals surface area (Å²) in [5.74, 6) is -0.134. The van der Waals surface area contributed by atoms with Crippen LogP contribution in [-0.4, -0.2) is 27.8 Å². The van der Waals surface area contributed by atoms with E-state index in [4.69, 9.17) is 0 Å². The first-order valence-corrected chi connectivity index (χ1v) is 8.36. The number of nitrogens with one attached hydrogen (secondary N) is 2. The van der Waals surface area contributed by atoms with Gasteiger partial charge in [0.2, 0.25) is 0 Å². The van der Waals surface area contributed by atoms with Crippen molar-refractivity contribution in [3.05, 3.63) is 18.2 Å². The molecule has 24 heavy (non-hydrogen) atoms. The number of alkyl halides is 3. The fourth-order valence-electron chi connectivity index (χ4n) is 3.08. The number of halogens is 3. The average Bonchev–Trinajstić information content (AvgIpc) is 2.91. The summed E-state index contributed by atoms with van der Waals surface area (Å²) < 4.78 is 40.3. The van der Waals surface area contributed by atoms with Crippen LogP contribution in [0.25, 0.3) is 0 Å². The maximum atomic E-state index is 12.8. The van der Waals surface area contributed by atoms with E-state index in [2.05, 4.69) is 29.5 Å². The Balaban J connectivity index is 1.80. The third-order valence-corrected chi connectivity index (χ3v) is 4.24. The second-order valence-electron chi connectivity index (χ2n) is 6.82. The highest BCUT2D eigenvalue weighted by molar-refractivity contribution is 5.74. The Hall–Kier alpha value is -1.73. The number of urea groups is 1. The van der Waals surface area contributed by atoms with E-state index < -0.39 is 24.2 Å². The molecule has 1 aromatic heterocycles. The van der Waals surface area contributed by atoms with Crippen LogP contribution >= 0.6 is 0 Å². The lowest BCUT2D eigenvalue weighted by atomic mass is 9.85. The summed E-state index contributed by atoms with van der Waals surface area (Å²) in [6.07, 6.45) is 0.513. The van der Waals surface area contributed by atoms with Gasteiger partial charge in [-0.25, -0.2) is 9.78 Å². The number of hydrogen-bond donors (Lipinski definition) is 2. The molecule has 2 rings (SSSR count). The molecule has 1 aliphatic carbocycles. The van der Waals surface area contributed by atoms with Gasteiger partial charge in [0.15, 0.2) is 0 Å². The SMILES string of the molecule is CC(C)Cn1ccnc1CNC(=O)N[C@@H]1CCC[C@H](C(F)(F)F)C1. The monoisotopic (exact) mass is 346 g/mol. The Kier molecular flexibility index (Phi) is 6.12. The molecule has 0 saturated heterocycles. The molecule has 1 heterocycles. The number of rotatable bonds is 5. The molecule has 0 aromatic carbocycles. The highest BCUT2D eigenvalue weighted by atomic mass is 19.4. The van der Waals surface area contributed by atoms with Crippen LogP contribution in [0.2, 0.25) is 0 Å². The van der Waals surface area contributed by atoms with E-state index in [0.717, 1.165) is 12.4 Å². The van der Waals surface area contributed by atoms with E-state index in [1.807, 2.05) is 10.8 Å². The summed E-state index contributed by atoms with van der Waals surface area (Å²) >= 11 is 0. The number of hydrogen-bond acceptors (Lipinski definition) is 2. The van der Waals surface area contributed by atoms with Gasteiger partial charge in [-0.1, -0.05) is 20.3 Å². The molecule has 0 spiro atoms. The van der Waals surface area contributed by atoms with Gasteiger partial charge < -0.3 is 15.2 Å². The summed E-state index contributed by atoms with van der Waals surface area (Å²) in [7, 11) is 0. The first-order chi connectivity index (χ1) is 11.3. The van der Waals surface area contributed by atoms with Crippen LogP contribution < -0.4 is 10.6 Å².